The molecule has 1 rings (SSSR count). The van der Waals surface area contributed by atoms with Crippen molar-refractivity contribution >= 4 is 5.91 Å². The highest BCUT2D eigenvalue weighted by atomic mass is 16.1. The molecule has 1 saturated heterocycles. The highest BCUT2D eigenvalue weighted by Gasteiger charge is 2.10. The zero-order valence-electron chi connectivity index (χ0n) is 8.59. The normalized spacial score (nSPS) is 17.7. The minimum Gasteiger partial charge on any atom is -0.353 e. The highest BCUT2D eigenvalue weighted by Crippen LogP contribution is 1.94. The molecule has 1 aliphatic rings. The first-order chi connectivity index (χ1) is 6.83. The van der Waals surface area contributed by atoms with E-state index < -0.39 is 0 Å². The molecule has 0 bridgehead atoms. The van der Waals surface area contributed by atoms with Crippen LogP contribution in [0.2, 0.25) is 0 Å². The van der Waals surface area contributed by atoms with E-state index >= 15 is 0 Å². The summed E-state index contributed by atoms with van der Waals surface area (Å²) in [5.41, 5.74) is 0. The number of amides is 1. The summed E-state index contributed by atoms with van der Waals surface area (Å²) in [4.78, 5) is 13.6. The van der Waals surface area contributed by atoms with Gasteiger partial charge in [0.2, 0.25) is 5.91 Å². The van der Waals surface area contributed by atoms with Gasteiger partial charge >= 0.3 is 0 Å². The minimum atomic E-state index is 0.114. The maximum absolute atomic E-state index is 11.2. The molecule has 1 heterocycles. The third-order valence-corrected chi connectivity index (χ3v) is 2.31. The van der Waals surface area contributed by atoms with Gasteiger partial charge in [0.1, 0.15) is 0 Å². The number of rotatable bonds is 5. The smallest absolute Gasteiger partial charge is 0.221 e. The van der Waals surface area contributed by atoms with E-state index in [0.29, 0.717) is 13.0 Å². The van der Waals surface area contributed by atoms with Gasteiger partial charge < -0.3 is 15.5 Å². The molecule has 4 nitrogen and oxygen atoms in total. The lowest BCUT2D eigenvalue weighted by atomic mass is 10.3. The van der Waals surface area contributed by atoms with E-state index in [2.05, 4.69) is 22.1 Å². The van der Waals surface area contributed by atoms with Crippen molar-refractivity contribution in [1.29, 1.82) is 0 Å². The van der Waals surface area contributed by atoms with E-state index in [9.17, 15) is 4.79 Å². The molecule has 0 aromatic heterocycles. The number of nitrogens with one attached hydrogen (secondary N) is 2. The first kappa shape index (κ1) is 11.2. The van der Waals surface area contributed by atoms with Crippen molar-refractivity contribution < 1.29 is 4.79 Å². The van der Waals surface area contributed by atoms with Crippen LogP contribution in [0, 0.1) is 0 Å². The minimum absolute atomic E-state index is 0.114. The summed E-state index contributed by atoms with van der Waals surface area (Å²) in [7, 11) is 0. The first-order valence-corrected chi connectivity index (χ1v) is 5.13. The van der Waals surface area contributed by atoms with Gasteiger partial charge in [0.05, 0.1) is 0 Å². The molecule has 14 heavy (non-hydrogen) atoms. The quantitative estimate of drug-likeness (QED) is 0.589. The molecular formula is C10H19N3O. The fourth-order valence-corrected chi connectivity index (χ4v) is 1.47. The standard InChI is InChI=1S/C10H19N3O/c1-2-4-12-10(14)3-7-13-8-5-11-6-9-13/h2,11H,1,3-9H2,(H,12,14). The zero-order chi connectivity index (χ0) is 10.2. The molecule has 0 aliphatic carbocycles. The van der Waals surface area contributed by atoms with Crippen molar-refractivity contribution in [3.8, 4) is 0 Å². The second kappa shape index (κ2) is 6.56. The molecule has 0 aromatic carbocycles. The lowest BCUT2D eigenvalue weighted by Gasteiger charge is -2.26. The van der Waals surface area contributed by atoms with Crippen LogP contribution in [0.1, 0.15) is 6.42 Å². The molecule has 0 unspecified atom stereocenters. The van der Waals surface area contributed by atoms with Crippen LogP contribution in [0.15, 0.2) is 12.7 Å². The summed E-state index contributed by atoms with van der Waals surface area (Å²) < 4.78 is 0. The fraction of sp³-hybridized carbons (Fsp3) is 0.700. The van der Waals surface area contributed by atoms with Crippen molar-refractivity contribution in [1.82, 2.24) is 15.5 Å². The number of carbonyl (C=O) groups is 1. The van der Waals surface area contributed by atoms with Gasteiger partial charge in [-0.15, -0.1) is 6.58 Å². The molecule has 1 fully saturated rings. The Morgan fingerprint density at radius 1 is 1.50 bits per heavy atom. The molecule has 2 N–H and O–H groups in total. The summed E-state index contributed by atoms with van der Waals surface area (Å²) in [6.45, 7) is 9.16. The number of hydrogen-bond donors (Lipinski definition) is 2. The Morgan fingerprint density at radius 3 is 2.86 bits per heavy atom. The number of piperazine rings is 1. The van der Waals surface area contributed by atoms with Crippen LogP contribution in [0.5, 0.6) is 0 Å². The largest absolute Gasteiger partial charge is 0.353 e. The molecule has 0 saturated carbocycles. The van der Waals surface area contributed by atoms with Gasteiger partial charge in [-0.1, -0.05) is 6.08 Å². The van der Waals surface area contributed by atoms with Crippen LogP contribution in [0.3, 0.4) is 0 Å². The summed E-state index contributed by atoms with van der Waals surface area (Å²) in [5, 5.41) is 6.05. The first-order valence-electron chi connectivity index (χ1n) is 5.13. The Balaban J connectivity index is 2.06. The molecule has 80 valence electrons. The average Bonchev–Trinajstić information content (AvgIpc) is 2.25. The molecule has 1 amide bonds. The van der Waals surface area contributed by atoms with Crippen molar-refractivity contribution in [3.05, 3.63) is 12.7 Å². The molecule has 1 aliphatic heterocycles. The van der Waals surface area contributed by atoms with Gasteiger partial charge in [0.15, 0.2) is 0 Å². The predicted octanol–water partition coefficient (Wildman–Crippen LogP) is -0.416. The average molecular weight is 197 g/mol. The molecule has 0 aromatic rings. The number of nitrogens with zero attached hydrogens (tertiary/aromatic N) is 1. The topological polar surface area (TPSA) is 44.4 Å². The van der Waals surface area contributed by atoms with E-state index in [1.165, 1.54) is 0 Å². The Morgan fingerprint density at radius 2 is 2.21 bits per heavy atom. The zero-order valence-corrected chi connectivity index (χ0v) is 8.59. The van der Waals surface area contributed by atoms with Crippen LogP contribution in [-0.4, -0.2) is 50.1 Å². The lowest BCUT2D eigenvalue weighted by molar-refractivity contribution is -0.121. The highest BCUT2D eigenvalue weighted by molar-refractivity contribution is 5.76. The van der Waals surface area contributed by atoms with Gasteiger partial charge in [-0.25, -0.2) is 0 Å². The number of carbonyl (C=O) groups excluding carboxylic acids is 1. The molecule has 0 atom stereocenters. The summed E-state index contributed by atoms with van der Waals surface area (Å²) in [6, 6.07) is 0. The monoisotopic (exact) mass is 197 g/mol. The molecule has 4 heteroatoms. The second-order valence-electron chi connectivity index (χ2n) is 3.43. The van der Waals surface area contributed by atoms with Crippen LogP contribution in [0.4, 0.5) is 0 Å². The van der Waals surface area contributed by atoms with E-state index in [0.717, 1.165) is 32.7 Å². The Kier molecular flexibility index (Phi) is 5.25. The van der Waals surface area contributed by atoms with E-state index in [4.69, 9.17) is 0 Å². The third kappa shape index (κ3) is 4.39. The predicted molar refractivity (Wildman–Crippen MR) is 57.1 cm³/mol. The van der Waals surface area contributed by atoms with Crippen molar-refractivity contribution in [2.45, 2.75) is 6.42 Å². The van der Waals surface area contributed by atoms with E-state index in [1.807, 2.05) is 0 Å². The second-order valence-corrected chi connectivity index (χ2v) is 3.43. The summed E-state index contributed by atoms with van der Waals surface area (Å²) in [6.07, 6.45) is 2.29. The van der Waals surface area contributed by atoms with Crippen LogP contribution >= 0.6 is 0 Å². The Labute approximate surface area is 85.3 Å². The van der Waals surface area contributed by atoms with Crippen molar-refractivity contribution in [2.75, 3.05) is 39.3 Å². The van der Waals surface area contributed by atoms with Gasteiger partial charge in [0, 0.05) is 45.7 Å². The van der Waals surface area contributed by atoms with Gasteiger partial charge in [-0.05, 0) is 0 Å². The van der Waals surface area contributed by atoms with Crippen LogP contribution < -0.4 is 10.6 Å². The van der Waals surface area contributed by atoms with Gasteiger partial charge in [-0.3, -0.25) is 4.79 Å². The Bertz CT molecular complexity index is 188. The van der Waals surface area contributed by atoms with Gasteiger partial charge in [0.25, 0.3) is 0 Å². The SMILES string of the molecule is C=CCNC(=O)CCN1CCNCC1. The van der Waals surface area contributed by atoms with Crippen molar-refractivity contribution in [3.63, 3.8) is 0 Å². The maximum atomic E-state index is 11.2. The van der Waals surface area contributed by atoms with Crippen LogP contribution in [-0.2, 0) is 4.79 Å². The summed E-state index contributed by atoms with van der Waals surface area (Å²) >= 11 is 0. The molecular weight excluding hydrogens is 178 g/mol. The fourth-order valence-electron chi connectivity index (χ4n) is 1.47. The molecule has 0 radical (unpaired) electrons. The van der Waals surface area contributed by atoms with Crippen molar-refractivity contribution in [2.24, 2.45) is 0 Å². The van der Waals surface area contributed by atoms with E-state index in [-0.39, 0.29) is 5.91 Å². The lowest BCUT2D eigenvalue weighted by Crippen LogP contribution is -2.44. The summed E-state index contributed by atoms with van der Waals surface area (Å²) in [5.74, 6) is 0.114. The molecule has 0 spiro atoms. The number of hydrogen-bond acceptors (Lipinski definition) is 3. The van der Waals surface area contributed by atoms with Gasteiger partial charge in [-0.2, -0.15) is 0 Å². The maximum Gasteiger partial charge on any atom is 0.221 e. The van der Waals surface area contributed by atoms with Crippen LogP contribution in [0.25, 0.3) is 0 Å². The Hall–Kier alpha value is -0.870. The van der Waals surface area contributed by atoms with E-state index in [1.54, 1.807) is 6.08 Å². The third-order valence-electron chi connectivity index (χ3n) is 2.31.